The summed E-state index contributed by atoms with van der Waals surface area (Å²) in [5.41, 5.74) is 6.93. The van der Waals surface area contributed by atoms with Gasteiger partial charge in [0, 0.05) is 7.11 Å². The summed E-state index contributed by atoms with van der Waals surface area (Å²) in [7, 11) is 1.54. The topological polar surface area (TPSA) is 64.8 Å². The summed E-state index contributed by atoms with van der Waals surface area (Å²) in [6.45, 7) is 3.25. The highest BCUT2D eigenvalue weighted by Gasteiger charge is 2.32. The number of morpholine rings is 1. The number of halogens is 1. The Bertz CT molecular complexity index is 444. The van der Waals surface area contributed by atoms with Gasteiger partial charge in [0.1, 0.15) is 12.1 Å². The Morgan fingerprint density at radius 2 is 2.14 bits per heavy atom. The van der Waals surface area contributed by atoms with Gasteiger partial charge in [-0.25, -0.2) is 0 Å². The second-order valence-electron chi connectivity index (χ2n) is 5.13. The number of carbonyl (C=O) groups is 1. The van der Waals surface area contributed by atoms with Gasteiger partial charge in [-0.15, -0.1) is 12.4 Å². The van der Waals surface area contributed by atoms with Gasteiger partial charge in [-0.1, -0.05) is 30.3 Å². The predicted octanol–water partition coefficient (Wildman–Crippen LogP) is 1.37. The van der Waals surface area contributed by atoms with Crippen molar-refractivity contribution in [2.24, 2.45) is 5.73 Å². The van der Waals surface area contributed by atoms with Crippen LogP contribution in [0.4, 0.5) is 0 Å². The summed E-state index contributed by atoms with van der Waals surface area (Å²) in [5.74, 6) is -0.0800. The molecule has 1 aromatic rings. The normalized spacial score (nSPS) is 23.3. The average Bonchev–Trinajstić information content (AvgIpc) is 2.48. The zero-order chi connectivity index (χ0) is 14.5. The van der Waals surface area contributed by atoms with Crippen LogP contribution in [0.5, 0.6) is 0 Å². The molecule has 1 aliphatic heterocycles. The van der Waals surface area contributed by atoms with E-state index in [4.69, 9.17) is 15.2 Å². The lowest BCUT2D eigenvalue weighted by Gasteiger charge is -2.39. The molecule has 0 aromatic heterocycles. The van der Waals surface area contributed by atoms with Crippen molar-refractivity contribution in [2.75, 3.05) is 26.9 Å². The maximum Gasteiger partial charge on any atom is 0.242 e. The number of benzene rings is 1. The van der Waals surface area contributed by atoms with Crippen LogP contribution in [0.3, 0.4) is 0 Å². The Morgan fingerprint density at radius 1 is 1.48 bits per heavy atom. The molecule has 1 aromatic carbocycles. The second kappa shape index (κ2) is 8.34. The van der Waals surface area contributed by atoms with Crippen LogP contribution in [0.2, 0.25) is 0 Å². The SMILES string of the molecule is COCC(N)C(=O)N1CC(c2ccccc2)OCC1C.Cl. The molecule has 1 aliphatic rings. The zero-order valence-corrected chi connectivity index (χ0v) is 13.2. The van der Waals surface area contributed by atoms with Crippen LogP contribution in [0.25, 0.3) is 0 Å². The minimum atomic E-state index is -0.614. The Morgan fingerprint density at radius 3 is 2.76 bits per heavy atom. The van der Waals surface area contributed by atoms with Gasteiger partial charge in [0.2, 0.25) is 5.91 Å². The van der Waals surface area contributed by atoms with E-state index in [1.165, 1.54) is 0 Å². The van der Waals surface area contributed by atoms with E-state index in [1.807, 2.05) is 37.3 Å². The molecule has 1 heterocycles. The quantitative estimate of drug-likeness (QED) is 0.911. The lowest BCUT2D eigenvalue weighted by atomic mass is 10.1. The van der Waals surface area contributed by atoms with Crippen molar-refractivity contribution >= 4 is 18.3 Å². The largest absolute Gasteiger partial charge is 0.383 e. The number of amides is 1. The Hall–Kier alpha value is -1.14. The molecule has 3 atom stereocenters. The van der Waals surface area contributed by atoms with E-state index in [0.717, 1.165) is 5.56 Å². The molecule has 5 nitrogen and oxygen atoms in total. The van der Waals surface area contributed by atoms with Crippen molar-refractivity contribution in [1.29, 1.82) is 0 Å². The van der Waals surface area contributed by atoms with E-state index in [2.05, 4.69) is 0 Å². The number of nitrogens with two attached hydrogens (primary N) is 1. The maximum atomic E-state index is 12.3. The van der Waals surface area contributed by atoms with Gasteiger partial charge in [0.25, 0.3) is 0 Å². The van der Waals surface area contributed by atoms with Crippen LogP contribution in [0.15, 0.2) is 30.3 Å². The summed E-state index contributed by atoms with van der Waals surface area (Å²) in [6, 6.07) is 9.35. The predicted molar refractivity (Wildman–Crippen MR) is 83.4 cm³/mol. The van der Waals surface area contributed by atoms with Crippen LogP contribution >= 0.6 is 12.4 Å². The molecule has 21 heavy (non-hydrogen) atoms. The first-order valence-corrected chi connectivity index (χ1v) is 6.85. The van der Waals surface area contributed by atoms with Gasteiger partial charge in [-0.2, -0.15) is 0 Å². The van der Waals surface area contributed by atoms with E-state index in [1.54, 1.807) is 12.0 Å². The molecule has 1 amide bonds. The Balaban J connectivity index is 0.00000220. The minimum absolute atomic E-state index is 0. The van der Waals surface area contributed by atoms with E-state index < -0.39 is 6.04 Å². The fourth-order valence-electron chi connectivity index (χ4n) is 2.40. The highest BCUT2D eigenvalue weighted by atomic mass is 35.5. The zero-order valence-electron chi connectivity index (χ0n) is 12.4. The molecule has 2 N–H and O–H groups in total. The number of hydrogen-bond acceptors (Lipinski definition) is 4. The number of ether oxygens (including phenoxy) is 2. The van der Waals surface area contributed by atoms with Crippen molar-refractivity contribution < 1.29 is 14.3 Å². The first-order valence-electron chi connectivity index (χ1n) is 6.85. The fourth-order valence-corrected chi connectivity index (χ4v) is 2.40. The van der Waals surface area contributed by atoms with Gasteiger partial charge in [-0.05, 0) is 12.5 Å². The maximum absolute atomic E-state index is 12.3. The summed E-state index contributed by atoms with van der Waals surface area (Å²) < 4.78 is 10.8. The molecule has 0 radical (unpaired) electrons. The first kappa shape index (κ1) is 17.9. The molecule has 118 valence electrons. The molecule has 0 bridgehead atoms. The lowest BCUT2D eigenvalue weighted by Crippen LogP contribution is -2.54. The molecule has 1 saturated heterocycles. The van der Waals surface area contributed by atoms with Crippen molar-refractivity contribution in [3.8, 4) is 0 Å². The number of methoxy groups -OCH3 is 1. The monoisotopic (exact) mass is 314 g/mol. The molecular formula is C15H23ClN2O3. The minimum Gasteiger partial charge on any atom is -0.383 e. The highest BCUT2D eigenvalue weighted by molar-refractivity contribution is 5.85. The summed E-state index contributed by atoms with van der Waals surface area (Å²) in [4.78, 5) is 14.1. The van der Waals surface area contributed by atoms with Gasteiger partial charge in [0.05, 0.1) is 25.8 Å². The third-order valence-electron chi connectivity index (χ3n) is 3.55. The van der Waals surface area contributed by atoms with Crippen LogP contribution in [-0.4, -0.2) is 49.8 Å². The van der Waals surface area contributed by atoms with Gasteiger partial charge < -0.3 is 20.1 Å². The number of carbonyl (C=O) groups excluding carboxylic acids is 1. The molecule has 3 unspecified atom stereocenters. The third kappa shape index (κ3) is 4.41. The highest BCUT2D eigenvalue weighted by Crippen LogP contribution is 2.25. The molecular weight excluding hydrogens is 292 g/mol. The van der Waals surface area contributed by atoms with E-state index in [0.29, 0.717) is 13.2 Å². The molecule has 2 rings (SSSR count). The molecule has 0 aliphatic carbocycles. The van der Waals surface area contributed by atoms with Crippen LogP contribution in [0.1, 0.15) is 18.6 Å². The Labute approximate surface area is 131 Å². The lowest BCUT2D eigenvalue weighted by molar-refractivity contribution is -0.147. The third-order valence-corrected chi connectivity index (χ3v) is 3.55. The van der Waals surface area contributed by atoms with E-state index in [-0.39, 0.29) is 37.1 Å². The summed E-state index contributed by atoms with van der Waals surface area (Å²) >= 11 is 0. The average molecular weight is 315 g/mol. The van der Waals surface area contributed by atoms with Crippen molar-refractivity contribution in [2.45, 2.75) is 25.1 Å². The number of hydrogen-bond donors (Lipinski definition) is 1. The van der Waals surface area contributed by atoms with Crippen molar-refractivity contribution in [3.05, 3.63) is 35.9 Å². The van der Waals surface area contributed by atoms with Crippen molar-refractivity contribution in [1.82, 2.24) is 4.90 Å². The fraction of sp³-hybridized carbons (Fsp3) is 0.533. The molecule has 0 saturated carbocycles. The smallest absolute Gasteiger partial charge is 0.242 e. The second-order valence-corrected chi connectivity index (χ2v) is 5.13. The van der Waals surface area contributed by atoms with Gasteiger partial charge in [-0.3, -0.25) is 4.79 Å². The first-order chi connectivity index (χ1) is 9.63. The standard InChI is InChI=1S/C15H22N2O3.ClH/c1-11-9-20-14(12-6-4-3-5-7-12)8-17(11)15(18)13(16)10-19-2;/h3-7,11,13-14H,8-10,16H2,1-2H3;1H. The molecule has 0 spiro atoms. The van der Waals surface area contributed by atoms with Gasteiger partial charge in [0.15, 0.2) is 0 Å². The molecule has 1 fully saturated rings. The summed E-state index contributed by atoms with van der Waals surface area (Å²) in [6.07, 6.45) is -0.0916. The number of nitrogens with zero attached hydrogens (tertiary/aromatic N) is 1. The van der Waals surface area contributed by atoms with Crippen LogP contribution < -0.4 is 5.73 Å². The van der Waals surface area contributed by atoms with Gasteiger partial charge >= 0.3 is 0 Å². The van der Waals surface area contributed by atoms with E-state index >= 15 is 0 Å². The molecule has 6 heteroatoms. The van der Waals surface area contributed by atoms with Crippen LogP contribution in [0, 0.1) is 0 Å². The Kier molecular flexibility index (Phi) is 7.11. The van der Waals surface area contributed by atoms with E-state index in [9.17, 15) is 4.79 Å². The summed E-state index contributed by atoms with van der Waals surface area (Å²) in [5, 5.41) is 0. The number of rotatable bonds is 4. The van der Waals surface area contributed by atoms with Crippen molar-refractivity contribution in [3.63, 3.8) is 0 Å². The van der Waals surface area contributed by atoms with Crippen LogP contribution in [-0.2, 0) is 14.3 Å².